The van der Waals surface area contributed by atoms with Crippen molar-refractivity contribution in [2.45, 2.75) is 37.5 Å². The van der Waals surface area contributed by atoms with E-state index in [-0.39, 0.29) is 17.4 Å². The van der Waals surface area contributed by atoms with Gasteiger partial charge in [-0.1, -0.05) is 59.6 Å². The van der Waals surface area contributed by atoms with Crippen molar-refractivity contribution in [2.75, 3.05) is 12.9 Å². The van der Waals surface area contributed by atoms with Gasteiger partial charge < -0.3 is 4.74 Å². The molecule has 0 aromatic heterocycles. The zero-order chi connectivity index (χ0) is 27.0. The number of rotatable bonds is 9. The van der Waals surface area contributed by atoms with Crippen LogP contribution in [-0.4, -0.2) is 27.2 Å². The molecule has 2 fully saturated rings. The van der Waals surface area contributed by atoms with Crippen LogP contribution in [0.3, 0.4) is 0 Å². The predicted octanol–water partition coefficient (Wildman–Crippen LogP) is 6.94. The first-order chi connectivity index (χ1) is 18.1. The van der Waals surface area contributed by atoms with Crippen LogP contribution in [0, 0.1) is 17.7 Å². The van der Waals surface area contributed by atoms with E-state index >= 15 is 0 Å². The van der Waals surface area contributed by atoms with E-state index in [0.29, 0.717) is 34.2 Å². The van der Waals surface area contributed by atoms with Crippen LogP contribution in [-0.2, 0) is 10.0 Å². The second-order valence-electron chi connectivity index (χ2n) is 10.3. The SMILES string of the molecule is CS(=O)(=O)NC(=O)c1cc(C2CC2)c(OCC2CC(C(c3ccccc3)c3ccc(Cl)c(Cl)c3)C2)cc1F. The highest BCUT2D eigenvalue weighted by Crippen LogP contribution is 2.49. The summed E-state index contributed by atoms with van der Waals surface area (Å²) in [7, 11) is -3.80. The normalized spacial score (nSPS) is 19.9. The highest BCUT2D eigenvalue weighted by Gasteiger charge is 2.38. The second kappa shape index (κ2) is 10.9. The van der Waals surface area contributed by atoms with Gasteiger partial charge in [-0.15, -0.1) is 0 Å². The fraction of sp³-hybridized carbons (Fsp3) is 0.345. The molecule has 2 aliphatic carbocycles. The lowest BCUT2D eigenvalue weighted by Crippen LogP contribution is -2.33. The molecule has 5 nitrogen and oxygen atoms in total. The average Bonchev–Trinajstić information content (AvgIpc) is 3.67. The van der Waals surface area contributed by atoms with Crippen molar-refractivity contribution >= 4 is 39.1 Å². The molecule has 38 heavy (non-hydrogen) atoms. The topological polar surface area (TPSA) is 72.5 Å². The zero-order valence-corrected chi connectivity index (χ0v) is 23.1. The summed E-state index contributed by atoms with van der Waals surface area (Å²) >= 11 is 12.5. The molecule has 2 aliphatic rings. The number of ether oxygens (including phenoxy) is 1. The lowest BCUT2D eigenvalue weighted by atomic mass is 9.65. The smallest absolute Gasteiger partial charge is 0.267 e. The third kappa shape index (κ3) is 6.16. The number of hydrogen-bond donors (Lipinski definition) is 1. The summed E-state index contributed by atoms with van der Waals surface area (Å²) in [5, 5.41) is 1.06. The summed E-state index contributed by atoms with van der Waals surface area (Å²) < 4.78 is 45.6. The minimum Gasteiger partial charge on any atom is -0.493 e. The maximum absolute atomic E-state index is 14.8. The molecule has 1 amide bonds. The average molecular weight is 577 g/mol. The van der Waals surface area contributed by atoms with E-state index in [2.05, 4.69) is 12.1 Å². The van der Waals surface area contributed by atoms with Crippen LogP contribution in [0.5, 0.6) is 5.75 Å². The minimum absolute atomic E-state index is 0.175. The molecule has 9 heteroatoms. The Morgan fingerprint density at radius 1 is 1.03 bits per heavy atom. The maximum atomic E-state index is 14.8. The molecule has 0 spiro atoms. The fourth-order valence-electron chi connectivity index (χ4n) is 5.31. The van der Waals surface area contributed by atoms with E-state index in [4.69, 9.17) is 27.9 Å². The molecule has 0 saturated heterocycles. The summed E-state index contributed by atoms with van der Waals surface area (Å²) in [6.45, 7) is 0.438. The van der Waals surface area contributed by atoms with Gasteiger partial charge in [0.15, 0.2) is 0 Å². The van der Waals surface area contributed by atoms with E-state index in [9.17, 15) is 17.6 Å². The summed E-state index contributed by atoms with van der Waals surface area (Å²) in [5.74, 6) is -0.304. The molecule has 0 radical (unpaired) electrons. The van der Waals surface area contributed by atoms with Crippen molar-refractivity contribution in [2.24, 2.45) is 11.8 Å². The summed E-state index contributed by atoms with van der Waals surface area (Å²) in [5.41, 5.74) is 2.80. The highest BCUT2D eigenvalue weighted by molar-refractivity contribution is 7.89. The number of sulfonamides is 1. The van der Waals surface area contributed by atoms with Gasteiger partial charge in [-0.25, -0.2) is 17.5 Å². The van der Waals surface area contributed by atoms with Gasteiger partial charge in [0.1, 0.15) is 11.6 Å². The third-order valence-electron chi connectivity index (χ3n) is 7.32. The molecule has 3 aromatic carbocycles. The highest BCUT2D eigenvalue weighted by atomic mass is 35.5. The van der Waals surface area contributed by atoms with Gasteiger partial charge in [0, 0.05) is 12.0 Å². The Balaban J connectivity index is 1.28. The Bertz CT molecular complexity index is 1450. The molecule has 2 saturated carbocycles. The van der Waals surface area contributed by atoms with E-state index in [1.54, 1.807) is 0 Å². The molecular weight excluding hydrogens is 548 g/mol. The number of carbonyl (C=O) groups excluding carboxylic acids is 1. The predicted molar refractivity (Wildman–Crippen MR) is 147 cm³/mol. The van der Waals surface area contributed by atoms with E-state index in [0.717, 1.165) is 43.1 Å². The van der Waals surface area contributed by atoms with Crippen molar-refractivity contribution in [3.63, 3.8) is 0 Å². The molecule has 0 heterocycles. The largest absolute Gasteiger partial charge is 0.493 e. The van der Waals surface area contributed by atoms with Crippen LogP contribution in [0.15, 0.2) is 60.7 Å². The lowest BCUT2D eigenvalue weighted by molar-refractivity contribution is 0.0976. The van der Waals surface area contributed by atoms with Gasteiger partial charge in [-0.2, -0.15) is 0 Å². The van der Waals surface area contributed by atoms with Crippen LogP contribution in [0.2, 0.25) is 10.0 Å². The van der Waals surface area contributed by atoms with Gasteiger partial charge in [0.05, 0.1) is 28.5 Å². The standard InChI is InChI=1S/C29H28Cl2FNO4S/c1-38(35,36)33-29(34)23-14-22(18-7-8-18)27(15-26(23)32)37-16-17-11-21(12-17)28(19-5-3-2-4-6-19)20-9-10-24(30)25(31)13-20/h2-6,9-10,13-15,17-18,21,28H,7-8,11-12,16H2,1H3,(H,33,34). The van der Waals surface area contributed by atoms with Crippen molar-refractivity contribution in [1.29, 1.82) is 0 Å². The molecule has 1 atom stereocenters. The van der Waals surface area contributed by atoms with Crippen molar-refractivity contribution in [1.82, 2.24) is 4.72 Å². The Kier molecular flexibility index (Phi) is 7.72. The van der Waals surface area contributed by atoms with Gasteiger partial charge in [-0.05, 0) is 78.3 Å². The quantitative estimate of drug-likeness (QED) is 0.300. The second-order valence-corrected chi connectivity index (χ2v) is 12.9. The van der Waals surface area contributed by atoms with Gasteiger partial charge >= 0.3 is 0 Å². The Hall–Kier alpha value is -2.61. The zero-order valence-electron chi connectivity index (χ0n) is 20.8. The maximum Gasteiger partial charge on any atom is 0.267 e. The summed E-state index contributed by atoms with van der Waals surface area (Å²) in [6.07, 6.45) is 4.58. The molecular formula is C29H28Cl2FNO4S. The number of hydrogen-bond acceptors (Lipinski definition) is 4. The number of nitrogens with one attached hydrogen (secondary N) is 1. The lowest BCUT2D eigenvalue weighted by Gasteiger charge is -2.41. The van der Waals surface area contributed by atoms with Crippen molar-refractivity contribution in [3.05, 3.63) is 98.8 Å². The number of benzene rings is 3. The monoisotopic (exact) mass is 575 g/mol. The van der Waals surface area contributed by atoms with E-state index in [1.807, 2.05) is 41.1 Å². The Morgan fingerprint density at radius 2 is 1.74 bits per heavy atom. The summed E-state index contributed by atoms with van der Waals surface area (Å²) in [4.78, 5) is 12.3. The number of amides is 1. The van der Waals surface area contributed by atoms with E-state index in [1.165, 1.54) is 17.7 Å². The first kappa shape index (κ1) is 27.0. The first-order valence-corrected chi connectivity index (χ1v) is 15.2. The molecule has 1 N–H and O–H groups in total. The van der Waals surface area contributed by atoms with Crippen LogP contribution in [0.25, 0.3) is 0 Å². The van der Waals surface area contributed by atoms with Gasteiger partial charge in [-0.3, -0.25) is 4.79 Å². The van der Waals surface area contributed by atoms with Gasteiger partial charge in [0.25, 0.3) is 5.91 Å². The van der Waals surface area contributed by atoms with Crippen LogP contribution in [0.1, 0.15) is 64.6 Å². The molecule has 1 unspecified atom stereocenters. The van der Waals surface area contributed by atoms with Crippen LogP contribution in [0.4, 0.5) is 4.39 Å². The third-order valence-corrected chi connectivity index (χ3v) is 8.61. The van der Waals surface area contributed by atoms with Crippen molar-refractivity contribution in [3.8, 4) is 5.75 Å². The number of carbonyl (C=O) groups is 1. The molecule has 3 aromatic rings. The van der Waals surface area contributed by atoms with Crippen molar-refractivity contribution < 1.29 is 22.3 Å². The molecule has 200 valence electrons. The van der Waals surface area contributed by atoms with Crippen LogP contribution < -0.4 is 9.46 Å². The Morgan fingerprint density at radius 3 is 2.37 bits per heavy atom. The summed E-state index contributed by atoms with van der Waals surface area (Å²) in [6, 6.07) is 18.8. The van der Waals surface area contributed by atoms with Gasteiger partial charge in [0.2, 0.25) is 10.0 Å². The number of halogens is 3. The fourth-order valence-corrected chi connectivity index (χ4v) is 6.07. The first-order valence-electron chi connectivity index (χ1n) is 12.6. The molecule has 0 aliphatic heterocycles. The van der Waals surface area contributed by atoms with Crippen LogP contribution >= 0.6 is 23.2 Å². The Labute approximate surface area is 232 Å². The molecule has 0 bridgehead atoms. The minimum atomic E-state index is -3.80. The molecule has 5 rings (SSSR count). The van der Waals surface area contributed by atoms with E-state index < -0.39 is 21.7 Å².